The highest BCUT2D eigenvalue weighted by Gasteiger charge is 2.34. The summed E-state index contributed by atoms with van der Waals surface area (Å²) in [6, 6.07) is 4.84. The summed E-state index contributed by atoms with van der Waals surface area (Å²) in [5.41, 5.74) is 0. The number of aliphatic hydroxyl groups excluding tert-OH is 1. The second kappa shape index (κ2) is 5.02. The summed E-state index contributed by atoms with van der Waals surface area (Å²) in [5.74, 6) is 0.996. The highest BCUT2D eigenvalue weighted by molar-refractivity contribution is 5.05. The topological polar surface area (TPSA) is 36.6 Å². The smallest absolute Gasteiger partial charge is 0.120 e. The van der Waals surface area contributed by atoms with Gasteiger partial charge in [-0.1, -0.05) is 6.92 Å². The molecule has 1 fully saturated rings. The Morgan fingerprint density at radius 3 is 2.81 bits per heavy atom. The summed E-state index contributed by atoms with van der Waals surface area (Å²) in [6.07, 6.45) is 4.81. The van der Waals surface area contributed by atoms with Gasteiger partial charge in [0, 0.05) is 12.6 Å². The minimum atomic E-state index is -0.224. The fourth-order valence-corrected chi connectivity index (χ4v) is 2.09. The molecule has 1 N–H and O–H groups in total. The van der Waals surface area contributed by atoms with Crippen LogP contribution in [0.4, 0.5) is 0 Å². The Balaban J connectivity index is 2.01. The van der Waals surface area contributed by atoms with Crippen LogP contribution in [0.3, 0.4) is 0 Å². The van der Waals surface area contributed by atoms with Crippen molar-refractivity contribution in [1.82, 2.24) is 4.90 Å². The van der Waals surface area contributed by atoms with Gasteiger partial charge < -0.3 is 9.52 Å². The third kappa shape index (κ3) is 2.66. The van der Waals surface area contributed by atoms with Crippen LogP contribution in [0, 0.1) is 0 Å². The van der Waals surface area contributed by atoms with Crippen LogP contribution >= 0.6 is 0 Å². The Bertz CT molecular complexity index is 306. The first kappa shape index (κ1) is 11.7. The highest BCUT2D eigenvalue weighted by atomic mass is 16.3. The van der Waals surface area contributed by atoms with E-state index >= 15 is 0 Å². The van der Waals surface area contributed by atoms with E-state index in [4.69, 9.17) is 4.42 Å². The molecule has 0 saturated heterocycles. The lowest BCUT2D eigenvalue weighted by Gasteiger charge is -2.29. The average molecular weight is 223 g/mol. The zero-order chi connectivity index (χ0) is 11.5. The van der Waals surface area contributed by atoms with Gasteiger partial charge in [-0.2, -0.15) is 0 Å². The monoisotopic (exact) mass is 223 g/mol. The zero-order valence-corrected chi connectivity index (χ0v) is 10.1. The molecule has 1 aliphatic rings. The van der Waals surface area contributed by atoms with E-state index in [2.05, 4.69) is 11.8 Å². The second-order valence-electron chi connectivity index (χ2n) is 4.68. The molecule has 0 amide bonds. The van der Waals surface area contributed by atoms with E-state index < -0.39 is 0 Å². The molecule has 1 saturated carbocycles. The van der Waals surface area contributed by atoms with Gasteiger partial charge in [0.1, 0.15) is 5.76 Å². The van der Waals surface area contributed by atoms with Crippen molar-refractivity contribution in [2.24, 2.45) is 0 Å². The molecule has 0 aliphatic heterocycles. The van der Waals surface area contributed by atoms with Crippen molar-refractivity contribution in [2.45, 2.75) is 51.3 Å². The van der Waals surface area contributed by atoms with E-state index in [1.807, 2.05) is 19.1 Å². The third-order valence-electron chi connectivity index (χ3n) is 3.36. The summed E-state index contributed by atoms with van der Waals surface area (Å²) in [7, 11) is 0. The van der Waals surface area contributed by atoms with Gasteiger partial charge in [-0.25, -0.2) is 0 Å². The van der Waals surface area contributed by atoms with Crippen LogP contribution in [0.15, 0.2) is 22.8 Å². The molecular weight excluding hydrogens is 202 g/mol. The second-order valence-corrected chi connectivity index (χ2v) is 4.68. The number of nitrogens with zero attached hydrogens (tertiary/aromatic N) is 1. The van der Waals surface area contributed by atoms with E-state index in [-0.39, 0.29) is 12.1 Å². The van der Waals surface area contributed by atoms with Crippen molar-refractivity contribution in [3.63, 3.8) is 0 Å². The van der Waals surface area contributed by atoms with Gasteiger partial charge in [0.15, 0.2) is 0 Å². The first-order valence-electron chi connectivity index (χ1n) is 6.19. The number of furan rings is 1. The molecule has 90 valence electrons. The first-order chi connectivity index (χ1) is 7.72. The van der Waals surface area contributed by atoms with E-state index in [1.165, 1.54) is 12.8 Å². The Labute approximate surface area is 97.1 Å². The van der Waals surface area contributed by atoms with E-state index in [9.17, 15) is 5.11 Å². The minimum Gasteiger partial charge on any atom is -0.468 e. The van der Waals surface area contributed by atoms with Gasteiger partial charge in [0.25, 0.3) is 0 Å². The quantitative estimate of drug-likeness (QED) is 0.805. The SMILES string of the molecule is CCC(O)CN(C1CC1)C(C)c1ccco1. The Morgan fingerprint density at radius 1 is 1.56 bits per heavy atom. The Hall–Kier alpha value is -0.800. The van der Waals surface area contributed by atoms with Crippen molar-refractivity contribution in [2.75, 3.05) is 6.54 Å². The van der Waals surface area contributed by atoms with Gasteiger partial charge in [-0.15, -0.1) is 0 Å². The van der Waals surface area contributed by atoms with Crippen LogP contribution in [0.25, 0.3) is 0 Å². The van der Waals surface area contributed by atoms with Gasteiger partial charge in [-0.3, -0.25) is 4.90 Å². The number of rotatable bonds is 6. The van der Waals surface area contributed by atoms with Crippen LogP contribution in [-0.2, 0) is 0 Å². The fraction of sp³-hybridized carbons (Fsp3) is 0.692. The van der Waals surface area contributed by atoms with Crippen LogP contribution < -0.4 is 0 Å². The van der Waals surface area contributed by atoms with Gasteiger partial charge >= 0.3 is 0 Å². The van der Waals surface area contributed by atoms with E-state index in [0.29, 0.717) is 6.04 Å². The predicted octanol–water partition coefficient (Wildman–Crippen LogP) is 2.58. The maximum atomic E-state index is 9.78. The molecule has 1 aliphatic carbocycles. The predicted molar refractivity (Wildman–Crippen MR) is 63.1 cm³/mol. The normalized spacial score (nSPS) is 20.0. The molecule has 0 spiro atoms. The lowest BCUT2D eigenvalue weighted by atomic mass is 10.1. The first-order valence-corrected chi connectivity index (χ1v) is 6.19. The number of hydrogen-bond acceptors (Lipinski definition) is 3. The Morgan fingerprint density at radius 2 is 2.31 bits per heavy atom. The average Bonchev–Trinajstić information content (AvgIpc) is 2.98. The van der Waals surface area contributed by atoms with Gasteiger partial charge in [0.2, 0.25) is 0 Å². The molecule has 1 heterocycles. The van der Waals surface area contributed by atoms with Gasteiger partial charge in [-0.05, 0) is 38.3 Å². The Kier molecular flexibility index (Phi) is 3.66. The lowest BCUT2D eigenvalue weighted by Crippen LogP contribution is -2.36. The lowest BCUT2D eigenvalue weighted by molar-refractivity contribution is 0.0767. The summed E-state index contributed by atoms with van der Waals surface area (Å²) in [4.78, 5) is 2.37. The molecule has 0 aromatic carbocycles. The molecule has 1 aromatic rings. The molecule has 0 radical (unpaired) electrons. The van der Waals surface area contributed by atoms with Crippen molar-refractivity contribution >= 4 is 0 Å². The van der Waals surface area contributed by atoms with Crippen LogP contribution in [0.1, 0.15) is 44.9 Å². The third-order valence-corrected chi connectivity index (χ3v) is 3.36. The molecule has 2 rings (SSSR count). The number of hydrogen-bond donors (Lipinski definition) is 1. The molecule has 0 bridgehead atoms. The van der Waals surface area contributed by atoms with Crippen molar-refractivity contribution in [3.05, 3.63) is 24.2 Å². The summed E-state index contributed by atoms with van der Waals surface area (Å²) in [5, 5.41) is 9.78. The van der Waals surface area contributed by atoms with Crippen molar-refractivity contribution in [3.8, 4) is 0 Å². The molecule has 1 aromatic heterocycles. The summed E-state index contributed by atoms with van der Waals surface area (Å²) in [6.45, 7) is 4.93. The van der Waals surface area contributed by atoms with E-state index in [0.717, 1.165) is 18.7 Å². The van der Waals surface area contributed by atoms with Crippen LogP contribution in [0.2, 0.25) is 0 Å². The zero-order valence-electron chi connectivity index (χ0n) is 10.1. The van der Waals surface area contributed by atoms with Crippen molar-refractivity contribution in [1.29, 1.82) is 0 Å². The standard InChI is InChI=1S/C13H21NO2/c1-3-12(15)9-14(11-6-7-11)10(2)13-5-4-8-16-13/h4-5,8,10-12,15H,3,6-7,9H2,1-2H3. The maximum Gasteiger partial charge on any atom is 0.120 e. The van der Waals surface area contributed by atoms with E-state index in [1.54, 1.807) is 6.26 Å². The molecule has 16 heavy (non-hydrogen) atoms. The molecule has 2 unspecified atom stereocenters. The van der Waals surface area contributed by atoms with Crippen LogP contribution in [-0.4, -0.2) is 28.7 Å². The highest BCUT2D eigenvalue weighted by Crippen LogP contribution is 2.34. The minimum absolute atomic E-state index is 0.224. The number of aliphatic hydroxyl groups is 1. The summed E-state index contributed by atoms with van der Waals surface area (Å²) < 4.78 is 5.45. The summed E-state index contributed by atoms with van der Waals surface area (Å²) >= 11 is 0. The molecule has 2 atom stereocenters. The fourth-order valence-electron chi connectivity index (χ4n) is 2.09. The molecular formula is C13H21NO2. The molecule has 3 nitrogen and oxygen atoms in total. The van der Waals surface area contributed by atoms with Crippen LogP contribution in [0.5, 0.6) is 0 Å². The van der Waals surface area contributed by atoms with Crippen molar-refractivity contribution < 1.29 is 9.52 Å². The molecule has 3 heteroatoms. The van der Waals surface area contributed by atoms with Gasteiger partial charge in [0.05, 0.1) is 18.4 Å². The largest absolute Gasteiger partial charge is 0.468 e. The maximum absolute atomic E-state index is 9.78.